The first-order chi connectivity index (χ1) is 27.1. The van der Waals surface area contributed by atoms with E-state index in [0.717, 1.165) is 37.1 Å². The molecule has 0 aliphatic heterocycles. The summed E-state index contributed by atoms with van der Waals surface area (Å²) in [5.74, 6) is 0. The smallest absolute Gasteiger partial charge is 0.114 e. The molecule has 6 aromatic carbocycles. The van der Waals surface area contributed by atoms with Gasteiger partial charge in [-0.25, -0.2) is 0 Å². The fraction of sp³-hybridized carbons (Fsp3) is 0.321. The Morgan fingerprint density at radius 1 is 0.393 bits per heavy atom. The summed E-state index contributed by atoms with van der Waals surface area (Å²) < 4.78 is 0. The van der Waals surface area contributed by atoms with Gasteiger partial charge in [0.2, 0.25) is 0 Å². The predicted molar refractivity (Wildman–Crippen MR) is 248 cm³/mol. The third kappa shape index (κ3) is 9.50. The van der Waals surface area contributed by atoms with Crippen LogP contribution in [-0.4, -0.2) is 7.85 Å². The molecule has 0 aliphatic carbocycles. The number of benzene rings is 6. The topological polar surface area (TPSA) is 6.48 Å². The zero-order valence-corrected chi connectivity index (χ0v) is 35.4. The van der Waals surface area contributed by atoms with Crippen LogP contribution in [0.4, 0.5) is 34.1 Å². The van der Waals surface area contributed by atoms with E-state index in [4.69, 9.17) is 0 Å². The van der Waals surface area contributed by atoms with Crippen LogP contribution in [0.2, 0.25) is 0 Å². The maximum Gasteiger partial charge on any atom is 0.114 e. The molecule has 0 amide bonds. The average Bonchev–Trinajstić information content (AvgIpc) is 3.24. The number of nitrogens with zero attached hydrogens (tertiary/aromatic N) is 2. The number of rotatable bonds is 17. The van der Waals surface area contributed by atoms with Crippen molar-refractivity contribution < 1.29 is 0 Å². The van der Waals surface area contributed by atoms with Crippen LogP contribution in [-0.2, 0) is 23.6 Å². The SMILES string of the molecule is BC(C)(CC)c1ccc(N(c2ccc(CCCC)cc2)c2ccc(-c3ccc(N(c4ccc(CCCC)cc4)c4ccc(C(C)(C)CC)cc4)cc3)cc2)cc1. The molecule has 0 aromatic heterocycles. The molecule has 1 unspecified atom stereocenters. The van der Waals surface area contributed by atoms with Crippen LogP contribution in [0.3, 0.4) is 0 Å². The van der Waals surface area contributed by atoms with Gasteiger partial charge in [0.25, 0.3) is 0 Å². The van der Waals surface area contributed by atoms with Crippen LogP contribution >= 0.6 is 0 Å². The molecule has 1 atom stereocenters. The van der Waals surface area contributed by atoms with E-state index in [0.29, 0.717) is 0 Å². The second-order valence-electron chi connectivity index (χ2n) is 16.9. The predicted octanol–water partition coefficient (Wildman–Crippen LogP) is 14.9. The molecule has 0 heterocycles. The van der Waals surface area contributed by atoms with Gasteiger partial charge in [-0.2, -0.15) is 0 Å². The first kappa shape index (κ1) is 40.6. The fourth-order valence-corrected chi connectivity index (χ4v) is 7.42. The number of hydrogen-bond acceptors (Lipinski definition) is 2. The quantitative estimate of drug-likeness (QED) is 0.0860. The van der Waals surface area contributed by atoms with Crippen LogP contribution in [0.1, 0.15) is 109 Å². The Morgan fingerprint density at radius 2 is 0.696 bits per heavy atom. The van der Waals surface area contributed by atoms with Gasteiger partial charge in [-0.1, -0.05) is 141 Å². The van der Waals surface area contributed by atoms with Crippen LogP contribution in [0.5, 0.6) is 0 Å². The number of aryl methyl sites for hydroxylation is 2. The van der Waals surface area contributed by atoms with E-state index in [1.165, 1.54) is 81.8 Å². The van der Waals surface area contributed by atoms with Crippen molar-refractivity contribution in [3.63, 3.8) is 0 Å². The van der Waals surface area contributed by atoms with Crippen molar-refractivity contribution in [2.24, 2.45) is 0 Å². The van der Waals surface area contributed by atoms with Gasteiger partial charge in [0, 0.05) is 34.1 Å². The van der Waals surface area contributed by atoms with Crippen LogP contribution in [0.25, 0.3) is 11.1 Å². The molecule has 3 heteroatoms. The van der Waals surface area contributed by atoms with Crippen LogP contribution in [0.15, 0.2) is 146 Å². The lowest BCUT2D eigenvalue weighted by atomic mass is 9.64. The van der Waals surface area contributed by atoms with Gasteiger partial charge in [0.15, 0.2) is 0 Å². The minimum atomic E-state index is 0.147. The molecule has 288 valence electrons. The lowest BCUT2D eigenvalue weighted by Gasteiger charge is -2.28. The summed E-state index contributed by atoms with van der Waals surface area (Å²) in [5.41, 5.74) is 15.1. The van der Waals surface area contributed by atoms with Crippen molar-refractivity contribution in [1.82, 2.24) is 0 Å². The van der Waals surface area contributed by atoms with Crippen molar-refractivity contribution in [2.75, 3.05) is 9.80 Å². The number of anilines is 6. The Labute approximate surface area is 340 Å². The van der Waals surface area contributed by atoms with E-state index < -0.39 is 0 Å². The van der Waals surface area contributed by atoms with Gasteiger partial charge in [-0.3, -0.25) is 0 Å². The molecular weight excluding hydrogens is 675 g/mol. The summed E-state index contributed by atoms with van der Waals surface area (Å²) in [6, 6.07) is 54.8. The van der Waals surface area contributed by atoms with E-state index in [-0.39, 0.29) is 10.7 Å². The third-order valence-electron chi connectivity index (χ3n) is 12.2. The second kappa shape index (κ2) is 18.3. The van der Waals surface area contributed by atoms with Crippen LogP contribution in [0, 0.1) is 0 Å². The summed E-state index contributed by atoms with van der Waals surface area (Å²) >= 11 is 0. The Kier molecular flexibility index (Phi) is 13.3. The average molecular weight is 739 g/mol. The lowest BCUT2D eigenvalue weighted by Crippen LogP contribution is -2.20. The Hall–Kier alpha value is -5.02. The van der Waals surface area contributed by atoms with Crippen molar-refractivity contribution in [3.05, 3.63) is 168 Å². The Bertz CT molecular complexity index is 1940. The molecule has 6 aromatic rings. The highest BCUT2D eigenvalue weighted by Gasteiger charge is 2.21. The van der Waals surface area contributed by atoms with Crippen molar-refractivity contribution in [3.8, 4) is 11.1 Å². The maximum absolute atomic E-state index is 2.39. The molecule has 6 rings (SSSR count). The molecule has 0 spiro atoms. The molecule has 0 aliphatic rings. The minimum Gasteiger partial charge on any atom is -0.311 e. The number of hydrogen-bond donors (Lipinski definition) is 0. The van der Waals surface area contributed by atoms with Crippen molar-refractivity contribution >= 4 is 42.0 Å². The van der Waals surface area contributed by atoms with Crippen molar-refractivity contribution in [1.29, 1.82) is 0 Å². The van der Waals surface area contributed by atoms with Gasteiger partial charge in [0.05, 0.1) is 0 Å². The minimum absolute atomic E-state index is 0.147. The highest BCUT2D eigenvalue weighted by atomic mass is 15.1. The van der Waals surface area contributed by atoms with Gasteiger partial charge in [-0.05, 0) is 149 Å². The Balaban J connectivity index is 1.31. The van der Waals surface area contributed by atoms with Gasteiger partial charge >= 0.3 is 0 Å². The van der Waals surface area contributed by atoms with E-state index in [2.05, 4.69) is 212 Å². The standard InChI is InChI=1S/C53H63BN2/c1-8-12-14-40-16-28-46(29-17-40)55(50-36-24-44(25-37-50)52(5,6)10-3)48-32-20-42(21-33-48)43-22-34-49(35-23-43)56(47-30-18-41(19-31-47)15-13-9-2)51-38-26-45(27-39-51)53(7,54)11-4/h16-39H,8-15,54H2,1-7H3. The zero-order valence-electron chi connectivity index (χ0n) is 35.4. The summed E-state index contributed by atoms with van der Waals surface area (Å²) in [4.78, 5) is 4.77. The molecule has 0 saturated heterocycles. The van der Waals surface area contributed by atoms with Crippen LogP contribution < -0.4 is 9.80 Å². The van der Waals surface area contributed by atoms with Crippen molar-refractivity contribution in [2.45, 2.75) is 111 Å². The van der Waals surface area contributed by atoms with E-state index in [9.17, 15) is 0 Å². The summed E-state index contributed by atoms with van der Waals surface area (Å²) in [7, 11) is 2.33. The number of unbranched alkanes of at least 4 members (excludes halogenated alkanes) is 2. The van der Waals surface area contributed by atoms with E-state index in [1.54, 1.807) is 0 Å². The monoisotopic (exact) mass is 739 g/mol. The summed E-state index contributed by atoms with van der Waals surface area (Å²) in [6.07, 6.45) is 9.30. The zero-order chi connectivity index (χ0) is 39.7. The van der Waals surface area contributed by atoms with Gasteiger partial charge in [0.1, 0.15) is 7.85 Å². The molecular formula is C53H63BN2. The first-order valence-electron chi connectivity index (χ1n) is 21.3. The second-order valence-corrected chi connectivity index (χ2v) is 16.9. The summed E-state index contributed by atoms with van der Waals surface area (Å²) in [6.45, 7) is 16.0. The van der Waals surface area contributed by atoms with E-state index >= 15 is 0 Å². The fourth-order valence-electron chi connectivity index (χ4n) is 7.42. The molecule has 0 fully saturated rings. The Morgan fingerprint density at radius 3 is 1.00 bits per heavy atom. The van der Waals surface area contributed by atoms with Gasteiger partial charge < -0.3 is 9.80 Å². The largest absolute Gasteiger partial charge is 0.311 e. The molecule has 0 radical (unpaired) electrons. The first-order valence-corrected chi connectivity index (χ1v) is 21.3. The third-order valence-corrected chi connectivity index (χ3v) is 12.2. The van der Waals surface area contributed by atoms with Gasteiger partial charge in [-0.15, -0.1) is 0 Å². The molecule has 0 saturated carbocycles. The van der Waals surface area contributed by atoms with E-state index in [1.807, 2.05) is 0 Å². The maximum atomic E-state index is 2.39. The highest BCUT2D eigenvalue weighted by Crippen LogP contribution is 2.40. The highest BCUT2D eigenvalue weighted by molar-refractivity contribution is 6.15. The normalized spacial score (nSPS) is 12.6. The summed E-state index contributed by atoms with van der Waals surface area (Å²) in [5, 5.41) is 0.147. The lowest BCUT2D eigenvalue weighted by molar-refractivity contribution is 0.506. The molecule has 0 N–H and O–H groups in total. The molecule has 56 heavy (non-hydrogen) atoms. The molecule has 0 bridgehead atoms. The molecule has 2 nitrogen and oxygen atoms in total.